The largest absolute Gasteiger partial charge is 0.364 e. The van der Waals surface area contributed by atoms with Crippen molar-refractivity contribution < 1.29 is 4.79 Å². The summed E-state index contributed by atoms with van der Waals surface area (Å²) in [5, 5.41) is 5.49. The Morgan fingerprint density at radius 2 is 1.94 bits per heavy atom. The lowest BCUT2D eigenvalue weighted by Crippen LogP contribution is -2.28. The number of anilines is 1. The number of carbonyl (C=O) groups is 1. The minimum atomic E-state index is -0.208. The molecule has 0 saturated heterocycles. The third-order valence-corrected chi connectivity index (χ3v) is 2.13. The first-order valence-corrected chi connectivity index (χ1v) is 5.07. The molecule has 0 atom stereocenters. The topological polar surface area (TPSA) is 56.9 Å². The predicted octanol–water partition coefficient (Wildman–Crippen LogP) is 2.34. The summed E-state index contributed by atoms with van der Waals surface area (Å²) in [5.74, 6) is 0. The van der Waals surface area contributed by atoms with Crippen LogP contribution < -0.4 is 10.6 Å². The van der Waals surface area contributed by atoms with E-state index in [4.69, 9.17) is 0 Å². The number of amides is 2. The molecule has 0 aliphatic carbocycles. The molecule has 0 fully saturated rings. The molecular weight excluding hydrogens is 202 g/mol. The number of hydrogen-bond donors (Lipinski definition) is 3. The van der Waals surface area contributed by atoms with Gasteiger partial charge in [0.05, 0.1) is 6.54 Å². The maximum atomic E-state index is 11.5. The summed E-state index contributed by atoms with van der Waals surface area (Å²) < 4.78 is 0. The third kappa shape index (κ3) is 2.88. The number of aromatic nitrogens is 1. The van der Waals surface area contributed by atoms with E-state index in [1.807, 2.05) is 48.7 Å². The van der Waals surface area contributed by atoms with Gasteiger partial charge in [0.15, 0.2) is 0 Å². The molecule has 0 aliphatic rings. The molecule has 2 amide bonds. The van der Waals surface area contributed by atoms with Crippen LogP contribution in [0.2, 0.25) is 0 Å². The van der Waals surface area contributed by atoms with Gasteiger partial charge in [-0.2, -0.15) is 0 Å². The third-order valence-electron chi connectivity index (χ3n) is 2.13. The summed E-state index contributed by atoms with van der Waals surface area (Å²) in [6.45, 7) is 0.492. The van der Waals surface area contributed by atoms with Crippen molar-refractivity contribution in [3.8, 4) is 0 Å². The molecule has 1 heterocycles. The van der Waals surface area contributed by atoms with Crippen LogP contribution in [0.25, 0.3) is 0 Å². The number of para-hydroxylation sites is 1. The van der Waals surface area contributed by atoms with Crippen molar-refractivity contribution in [3.63, 3.8) is 0 Å². The van der Waals surface area contributed by atoms with Crippen LogP contribution in [0, 0.1) is 0 Å². The number of rotatable bonds is 3. The quantitative estimate of drug-likeness (QED) is 0.723. The molecule has 4 nitrogen and oxygen atoms in total. The number of urea groups is 1. The molecule has 0 spiro atoms. The Kier molecular flexibility index (Phi) is 3.23. The Bertz CT molecular complexity index is 437. The lowest BCUT2D eigenvalue weighted by molar-refractivity contribution is 0.251. The van der Waals surface area contributed by atoms with Crippen molar-refractivity contribution in [1.29, 1.82) is 0 Å². The molecule has 0 radical (unpaired) electrons. The molecule has 0 aliphatic heterocycles. The molecule has 3 N–H and O–H groups in total. The second-order valence-electron chi connectivity index (χ2n) is 3.37. The van der Waals surface area contributed by atoms with Crippen LogP contribution in [0.5, 0.6) is 0 Å². The van der Waals surface area contributed by atoms with Crippen LogP contribution in [0.3, 0.4) is 0 Å². The van der Waals surface area contributed by atoms with Crippen molar-refractivity contribution >= 4 is 11.7 Å². The zero-order valence-electron chi connectivity index (χ0n) is 8.73. The lowest BCUT2D eigenvalue weighted by atomic mass is 10.3. The molecule has 0 bridgehead atoms. The normalized spacial score (nSPS) is 9.75. The smallest absolute Gasteiger partial charge is 0.319 e. The van der Waals surface area contributed by atoms with Crippen LogP contribution in [-0.2, 0) is 6.54 Å². The molecule has 0 unspecified atom stereocenters. The molecule has 2 aromatic rings. The van der Waals surface area contributed by atoms with Gasteiger partial charge in [0.25, 0.3) is 0 Å². The Hall–Kier alpha value is -2.23. The van der Waals surface area contributed by atoms with Gasteiger partial charge in [-0.3, -0.25) is 0 Å². The standard InChI is InChI=1S/C12H13N3O/c16-12(14-9-11-7-4-8-13-11)15-10-5-2-1-3-6-10/h1-8,13H,9H2,(H2,14,15,16). The van der Waals surface area contributed by atoms with Gasteiger partial charge >= 0.3 is 6.03 Å². The van der Waals surface area contributed by atoms with Crippen molar-refractivity contribution in [3.05, 3.63) is 54.4 Å². The van der Waals surface area contributed by atoms with E-state index in [1.165, 1.54) is 0 Å². The molecule has 16 heavy (non-hydrogen) atoms. The van der Waals surface area contributed by atoms with Gasteiger partial charge in [-0.05, 0) is 24.3 Å². The van der Waals surface area contributed by atoms with Crippen molar-refractivity contribution in [2.75, 3.05) is 5.32 Å². The second kappa shape index (κ2) is 5.02. The zero-order valence-corrected chi connectivity index (χ0v) is 8.73. The lowest BCUT2D eigenvalue weighted by Gasteiger charge is -2.06. The van der Waals surface area contributed by atoms with Gasteiger partial charge in [0, 0.05) is 17.6 Å². The van der Waals surface area contributed by atoms with Gasteiger partial charge in [-0.25, -0.2) is 4.79 Å². The molecule has 82 valence electrons. The number of carbonyl (C=O) groups excluding carboxylic acids is 1. The maximum Gasteiger partial charge on any atom is 0.319 e. The number of hydrogen-bond acceptors (Lipinski definition) is 1. The van der Waals surface area contributed by atoms with E-state index in [9.17, 15) is 4.79 Å². The first kappa shape index (κ1) is 10.3. The molecule has 4 heteroatoms. The monoisotopic (exact) mass is 215 g/mol. The highest BCUT2D eigenvalue weighted by molar-refractivity contribution is 5.89. The summed E-state index contributed by atoms with van der Waals surface area (Å²) >= 11 is 0. The molecular formula is C12H13N3O. The number of nitrogens with one attached hydrogen (secondary N) is 3. The average Bonchev–Trinajstić information content (AvgIpc) is 2.81. The summed E-state index contributed by atoms with van der Waals surface area (Å²) in [6, 6.07) is 12.9. The first-order chi connectivity index (χ1) is 7.84. The van der Waals surface area contributed by atoms with Crippen LogP contribution >= 0.6 is 0 Å². The molecule has 1 aromatic carbocycles. The highest BCUT2D eigenvalue weighted by Gasteiger charge is 2.00. The summed E-state index contributed by atoms with van der Waals surface area (Å²) in [5.41, 5.74) is 1.76. The summed E-state index contributed by atoms with van der Waals surface area (Å²) in [7, 11) is 0. The fourth-order valence-electron chi connectivity index (χ4n) is 1.35. The van der Waals surface area contributed by atoms with Crippen LogP contribution in [0.4, 0.5) is 10.5 Å². The van der Waals surface area contributed by atoms with Gasteiger partial charge in [-0.15, -0.1) is 0 Å². The Morgan fingerprint density at radius 1 is 1.12 bits per heavy atom. The van der Waals surface area contributed by atoms with E-state index in [-0.39, 0.29) is 6.03 Å². The number of benzene rings is 1. The van der Waals surface area contributed by atoms with Crippen LogP contribution in [-0.4, -0.2) is 11.0 Å². The Morgan fingerprint density at radius 3 is 2.62 bits per heavy atom. The fourth-order valence-corrected chi connectivity index (χ4v) is 1.35. The second-order valence-corrected chi connectivity index (χ2v) is 3.37. The molecule has 1 aromatic heterocycles. The van der Waals surface area contributed by atoms with Crippen LogP contribution in [0.15, 0.2) is 48.7 Å². The molecule has 0 saturated carbocycles. The van der Waals surface area contributed by atoms with Crippen LogP contribution in [0.1, 0.15) is 5.69 Å². The van der Waals surface area contributed by atoms with E-state index in [2.05, 4.69) is 15.6 Å². The molecule has 2 rings (SSSR count). The zero-order chi connectivity index (χ0) is 11.2. The maximum absolute atomic E-state index is 11.5. The van der Waals surface area contributed by atoms with Gasteiger partial charge in [0.1, 0.15) is 0 Å². The van der Waals surface area contributed by atoms with Crippen molar-refractivity contribution in [2.24, 2.45) is 0 Å². The van der Waals surface area contributed by atoms with Gasteiger partial charge in [-0.1, -0.05) is 18.2 Å². The minimum absolute atomic E-state index is 0.208. The fraction of sp³-hybridized carbons (Fsp3) is 0.0833. The Labute approximate surface area is 93.7 Å². The van der Waals surface area contributed by atoms with E-state index >= 15 is 0 Å². The summed E-state index contributed by atoms with van der Waals surface area (Å²) in [6.07, 6.45) is 1.83. The highest BCUT2D eigenvalue weighted by Crippen LogP contribution is 2.04. The highest BCUT2D eigenvalue weighted by atomic mass is 16.2. The minimum Gasteiger partial charge on any atom is -0.364 e. The average molecular weight is 215 g/mol. The van der Waals surface area contributed by atoms with Gasteiger partial charge in [0.2, 0.25) is 0 Å². The Balaban J connectivity index is 1.81. The van der Waals surface area contributed by atoms with Crippen molar-refractivity contribution in [1.82, 2.24) is 10.3 Å². The summed E-state index contributed by atoms with van der Waals surface area (Å²) in [4.78, 5) is 14.5. The van der Waals surface area contributed by atoms with Crippen molar-refractivity contribution in [2.45, 2.75) is 6.54 Å². The first-order valence-electron chi connectivity index (χ1n) is 5.07. The number of aromatic amines is 1. The van der Waals surface area contributed by atoms with E-state index in [0.29, 0.717) is 6.54 Å². The predicted molar refractivity (Wildman–Crippen MR) is 63.1 cm³/mol. The van der Waals surface area contributed by atoms with Gasteiger partial charge < -0.3 is 15.6 Å². The van der Waals surface area contributed by atoms with E-state index in [0.717, 1.165) is 11.4 Å². The van der Waals surface area contributed by atoms with E-state index < -0.39 is 0 Å². The SMILES string of the molecule is O=C(NCc1ccc[nH]1)Nc1ccccc1. The van der Waals surface area contributed by atoms with E-state index in [1.54, 1.807) is 0 Å². The number of H-pyrrole nitrogens is 1.